The van der Waals surface area contributed by atoms with E-state index in [0.29, 0.717) is 50.6 Å². The molecule has 0 radical (unpaired) electrons. The summed E-state index contributed by atoms with van der Waals surface area (Å²) in [6.07, 6.45) is 3.81. The van der Waals surface area contributed by atoms with Gasteiger partial charge < -0.3 is 28.5 Å². The molecule has 4 aromatic rings. The Bertz CT molecular complexity index is 1690. The largest absolute Gasteiger partial charge is 0.497 e. The lowest BCUT2D eigenvalue weighted by Crippen LogP contribution is -2.26. The molecule has 3 aromatic carbocycles. The van der Waals surface area contributed by atoms with E-state index in [2.05, 4.69) is 4.99 Å². The second-order valence-electron chi connectivity index (χ2n) is 9.19. The van der Waals surface area contributed by atoms with Gasteiger partial charge in [-0.2, -0.15) is 0 Å². The Labute approximate surface area is 229 Å². The number of fused-ring (bicyclic) bond motifs is 1. The fourth-order valence-electron chi connectivity index (χ4n) is 4.62. The molecule has 1 N–H and O–H groups in total. The maximum Gasteiger partial charge on any atom is 0.434 e. The second kappa shape index (κ2) is 10.9. The Morgan fingerprint density at radius 1 is 1.05 bits per heavy atom. The maximum absolute atomic E-state index is 13.8. The number of ether oxygens (including phenoxy) is 3. The van der Waals surface area contributed by atoms with Crippen LogP contribution in [-0.4, -0.2) is 46.9 Å². The van der Waals surface area contributed by atoms with Crippen molar-refractivity contribution >= 4 is 18.0 Å². The summed E-state index contributed by atoms with van der Waals surface area (Å²) in [7, 11) is 4.79. The highest BCUT2D eigenvalue weighted by atomic mass is 19.1. The molecular formula is C30H26FN3O6. The summed E-state index contributed by atoms with van der Waals surface area (Å²) in [5, 5.41) is 9.22. The Morgan fingerprint density at radius 3 is 2.38 bits per heavy atom. The number of carbonyl (C=O) groups excluding carboxylic acids is 1. The van der Waals surface area contributed by atoms with Crippen LogP contribution >= 0.6 is 0 Å². The van der Waals surface area contributed by atoms with Crippen LogP contribution in [0.1, 0.15) is 21.5 Å². The molecule has 10 heteroatoms. The van der Waals surface area contributed by atoms with Gasteiger partial charge in [-0.05, 0) is 59.2 Å². The van der Waals surface area contributed by atoms with Gasteiger partial charge in [0, 0.05) is 36.6 Å². The van der Waals surface area contributed by atoms with E-state index in [1.807, 2.05) is 6.07 Å². The normalized spacial score (nSPS) is 14.2. The average molecular weight is 544 g/mol. The number of aromatic nitrogens is 2. The average Bonchev–Trinajstić information content (AvgIpc) is 3.28. The third-order valence-electron chi connectivity index (χ3n) is 6.52. The van der Waals surface area contributed by atoms with Gasteiger partial charge in [-0.1, -0.05) is 12.1 Å². The number of benzene rings is 3. The summed E-state index contributed by atoms with van der Waals surface area (Å²) in [5.41, 5.74) is 3.71. The number of methoxy groups -OCH3 is 2. The molecule has 0 bridgehead atoms. The molecule has 0 saturated heterocycles. The fraction of sp³-hybridized carbons (Fsp3) is 0.167. The van der Waals surface area contributed by atoms with Crippen molar-refractivity contribution in [2.24, 2.45) is 12.0 Å². The zero-order valence-electron chi connectivity index (χ0n) is 22.1. The van der Waals surface area contributed by atoms with Gasteiger partial charge in [-0.3, -0.25) is 4.79 Å². The third kappa shape index (κ3) is 5.37. The second-order valence-corrected chi connectivity index (χ2v) is 9.19. The molecule has 1 amide bonds. The maximum atomic E-state index is 13.8. The number of carboxylic acid groups (broad SMARTS) is 1. The van der Waals surface area contributed by atoms with Crippen LogP contribution in [0.4, 0.5) is 9.18 Å². The van der Waals surface area contributed by atoms with Gasteiger partial charge in [0.2, 0.25) is 5.62 Å². The standard InChI is InChI=1S/C30H26FN3O6/c1-33-8-9-34(29(33)32-30(36)37)16-19-13-25(20-4-6-22(31)7-5-20)28-26(14-19)27(35)21(17-40-28)10-18-11-23(38-2)15-24(12-18)39-3/h4-15H,16-17H2,1-3H3,(H,36,37)/b21-10+,32-29+. The molecule has 0 fully saturated rings. The molecule has 2 heterocycles. The van der Waals surface area contributed by atoms with Gasteiger partial charge in [-0.15, -0.1) is 4.99 Å². The lowest BCUT2D eigenvalue weighted by molar-refractivity contribution is 0.100. The van der Waals surface area contributed by atoms with Crippen LogP contribution in [0.3, 0.4) is 0 Å². The van der Waals surface area contributed by atoms with Crippen molar-refractivity contribution in [3.8, 4) is 28.4 Å². The summed E-state index contributed by atoms with van der Waals surface area (Å²) in [6.45, 7) is 0.266. The highest BCUT2D eigenvalue weighted by Crippen LogP contribution is 2.39. The number of aryl methyl sites for hydroxylation is 1. The van der Waals surface area contributed by atoms with E-state index in [0.717, 1.165) is 0 Å². The lowest BCUT2D eigenvalue weighted by Gasteiger charge is -2.23. The number of imidazole rings is 1. The van der Waals surface area contributed by atoms with Crippen LogP contribution in [-0.2, 0) is 13.6 Å². The predicted molar refractivity (Wildman–Crippen MR) is 145 cm³/mol. The molecule has 1 aliphatic rings. The molecule has 5 rings (SSSR count). The van der Waals surface area contributed by atoms with Crippen molar-refractivity contribution in [2.45, 2.75) is 6.54 Å². The molecule has 0 spiro atoms. The minimum Gasteiger partial charge on any atom is -0.497 e. The first kappa shape index (κ1) is 26.5. The molecular weight excluding hydrogens is 517 g/mol. The van der Waals surface area contributed by atoms with Gasteiger partial charge >= 0.3 is 6.09 Å². The number of amides is 1. The minimum absolute atomic E-state index is 0.0357. The molecule has 0 atom stereocenters. The number of Topliss-reactive ketones (excluding diaryl/α,β-unsaturated/α-hetero) is 1. The number of halogens is 1. The number of ketones is 1. The van der Waals surface area contributed by atoms with Gasteiger partial charge in [0.1, 0.15) is 29.7 Å². The Morgan fingerprint density at radius 2 is 1.73 bits per heavy atom. The molecule has 0 saturated carbocycles. The fourth-order valence-corrected chi connectivity index (χ4v) is 4.62. The van der Waals surface area contributed by atoms with E-state index in [1.165, 1.54) is 12.1 Å². The van der Waals surface area contributed by atoms with E-state index in [1.54, 1.807) is 85.3 Å². The Balaban J connectivity index is 1.62. The highest BCUT2D eigenvalue weighted by molar-refractivity contribution is 6.15. The van der Waals surface area contributed by atoms with Crippen LogP contribution in [0, 0.1) is 5.82 Å². The molecule has 1 aliphatic heterocycles. The molecule has 40 heavy (non-hydrogen) atoms. The van der Waals surface area contributed by atoms with E-state index in [9.17, 15) is 19.1 Å². The zero-order chi connectivity index (χ0) is 28.4. The van der Waals surface area contributed by atoms with Crippen LogP contribution in [0.5, 0.6) is 17.2 Å². The summed E-state index contributed by atoms with van der Waals surface area (Å²) in [5.74, 6) is 0.957. The number of nitrogens with zero attached hydrogens (tertiary/aromatic N) is 3. The number of hydrogen-bond donors (Lipinski definition) is 1. The molecule has 0 aliphatic carbocycles. The lowest BCUT2D eigenvalue weighted by atomic mass is 9.91. The van der Waals surface area contributed by atoms with Crippen LogP contribution in [0.15, 0.2) is 77.6 Å². The van der Waals surface area contributed by atoms with Gasteiger partial charge in [-0.25, -0.2) is 9.18 Å². The van der Waals surface area contributed by atoms with Crippen molar-refractivity contribution in [1.29, 1.82) is 0 Å². The van der Waals surface area contributed by atoms with Crippen LogP contribution in [0.25, 0.3) is 17.2 Å². The van der Waals surface area contributed by atoms with Crippen LogP contribution in [0.2, 0.25) is 0 Å². The van der Waals surface area contributed by atoms with Crippen molar-refractivity contribution in [3.05, 3.63) is 101 Å². The SMILES string of the molecule is COc1cc(/C=C2\COc3c(cc(Cn4ccn(C)/c4=N\C(=O)O)cc3-c3ccc(F)cc3)C2=O)cc(OC)c1. The Kier molecular flexibility index (Phi) is 7.24. The monoisotopic (exact) mass is 543 g/mol. The van der Waals surface area contributed by atoms with E-state index >= 15 is 0 Å². The van der Waals surface area contributed by atoms with E-state index < -0.39 is 6.09 Å². The van der Waals surface area contributed by atoms with E-state index in [4.69, 9.17) is 14.2 Å². The van der Waals surface area contributed by atoms with Crippen LogP contribution < -0.4 is 19.8 Å². The van der Waals surface area contributed by atoms with E-state index in [-0.39, 0.29) is 30.4 Å². The number of rotatable bonds is 6. The van der Waals surface area contributed by atoms with Gasteiger partial charge in [0.15, 0.2) is 5.78 Å². The van der Waals surface area contributed by atoms with Crippen molar-refractivity contribution in [3.63, 3.8) is 0 Å². The zero-order valence-corrected chi connectivity index (χ0v) is 22.1. The minimum atomic E-state index is -1.32. The first-order chi connectivity index (χ1) is 19.2. The Hall–Kier alpha value is -5.12. The molecule has 9 nitrogen and oxygen atoms in total. The molecule has 0 unspecified atom stereocenters. The van der Waals surface area contributed by atoms with Gasteiger partial charge in [0.05, 0.1) is 26.3 Å². The quantitative estimate of drug-likeness (QED) is 0.346. The predicted octanol–water partition coefficient (Wildman–Crippen LogP) is 4.94. The number of hydrogen-bond acceptors (Lipinski definition) is 5. The molecule has 1 aromatic heterocycles. The summed E-state index contributed by atoms with van der Waals surface area (Å²) < 4.78 is 33.8. The first-order valence-corrected chi connectivity index (χ1v) is 12.3. The summed E-state index contributed by atoms with van der Waals surface area (Å²) >= 11 is 0. The summed E-state index contributed by atoms with van der Waals surface area (Å²) in [6, 6.07) is 14.8. The number of carbonyl (C=O) groups is 2. The highest BCUT2D eigenvalue weighted by Gasteiger charge is 2.27. The first-order valence-electron chi connectivity index (χ1n) is 12.3. The van der Waals surface area contributed by atoms with Crippen molar-refractivity contribution in [2.75, 3.05) is 20.8 Å². The van der Waals surface area contributed by atoms with Crippen molar-refractivity contribution < 1.29 is 33.3 Å². The smallest absolute Gasteiger partial charge is 0.434 e. The van der Waals surface area contributed by atoms with Crippen molar-refractivity contribution in [1.82, 2.24) is 9.13 Å². The molecule has 204 valence electrons. The summed E-state index contributed by atoms with van der Waals surface area (Å²) in [4.78, 5) is 28.8. The van der Waals surface area contributed by atoms with Gasteiger partial charge in [0.25, 0.3) is 0 Å². The topological polar surface area (TPSA) is 104 Å². The third-order valence-corrected chi connectivity index (χ3v) is 6.52.